The molecule has 0 bridgehead atoms. The number of hydrogen-bond donors (Lipinski definition) is 1. The van der Waals surface area contributed by atoms with Gasteiger partial charge in [0.15, 0.2) is 0 Å². The summed E-state index contributed by atoms with van der Waals surface area (Å²) in [5.74, 6) is -0.220. The molecule has 0 amide bonds. The summed E-state index contributed by atoms with van der Waals surface area (Å²) in [7, 11) is 0. The van der Waals surface area contributed by atoms with Crippen LogP contribution < -0.4 is 29.6 Å². The number of rotatable bonds is 0. The second kappa shape index (κ2) is 4.34. The summed E-state index contributed by atoms with van der Waals surface area (Å²) < 4.78 is 12.1. The molecule has 0 aromatic heterocycles. The Morgan fingerprint density at radius 3 is 1.89 bits per heavy atom. The van der Waals surface area contributed by atoms with Gasteiger partial charge in [0, 0.05) is 4.90 Å². The predicted molar refractivity (Wildman–Crippen MR) is 33.7 cm³/mol. The molecule has 9 heavy (non-hydrogen) atoms. The first kappa shape index (κ1) is 9.50. The number of hydrogen-bond acceptors (Lipinski definition) is 1. The van der Waals surface area contributed by atoms with Gasteiger partial charge in [0.1, 0.15) is 5.82 Å². The Morgan fingerprint density at radius 2 is 1.56 bits per heavy atom. The monoisotopic (exact) mass is 151 g/mol. The van der Waals surface area contributed by atoms with E-state index in [-0.39, 0.29) is 35.4 Å². The van der Waals surface area contributed by atoms with E-state index in [1.807, 2.05) is 0 Å². The van der Waals surface area contributed by atoms with Crippen molar-refractivity contribution in [2.45, 2.75) is 4.90 Å². The molecule has 0 N–H and O–H groups in total. The van der Waals surface area contributed by atoms with Crippen molar-refractivity contribution < 1.29 is 33.9 Å². The van der Waals surface area contributed by atoms with Gasteiger partial charge in [-0.05, 0) is 24.3 Å². The molecule has 0 spiro atoms. The van der Waals surface area contributed by atoms with Crippen LogP contribution in [-0.4, -0.2) is 0 Å². The normalized spacial score (nSPS) is 8.22. The van der Waals surface area contributed by atoms with Crippen molar-refractivity contribution in [2.24, 2.45) is 0 Å². The van der Waals surface area contributed by atoms with Gasteiger partial charge in [0.25, 0.3) is 0 Å². The third-order valence-corrected chi connectivity index (χ3v) is 1.12. The van der Waals surface area contributed by atoms with Crippen LogP contribution in [0, 0.1) is 5.82 Å². The van der Waals surface area contributed by atoms with Gasteiger partial charge in [-0.1, -0.05) is 0 Å². The number of thiol groups is 1. The van der Waals surface area contributed by atoms with Crippen LogP contribution in [-0.2, 0) is 0 Å². The molecule has 0 heterocycles. The van der Waals surface area contributed by atoms with Gasteiger partial charge in [0.2, 0.25) is 0 Å². The summed E-state index contributed by atoms with van der Waals surface area (Å²) in [6.07, 6.45) is 0. The van der Waals surface area contributed by atoms with Crippen molar-refractivity contribution in [1.82, 2.24) is 0 Å². The van der Waals surface area contributed by atoms with Crippen molar-refractivity contribution in [2.75, 3.05) is 0 Å². The molecule has 0 aliphatic rings. The minimum atomic E-state index is -0.220. The minimum absolute atomic E-state index is 0. The Kier molecular flexibility index (Phi) is 4.58. The van der Waals surface area contributed by atoms with E-state index >= 15 is 0 Å². The van der Waals surface area contributed by atoms with Crippen molar-refractivity contribution in [3.8, 4) is 0 Å². The summed E-state index contributed by atoms with van der Waals surface area (Å²) in [4.78, 5) is 0.784. The first-order chi connectivity index (χ1) is 3.79. The predicted octanol–water partition coefficient (Wildman–Crippen LogP) is -0.882. The molecule has 0 saturated heterocycles. The third-order valence-electron chi connectivity index (χ3n) is 0.827. The van der Waals surface area contributed by atoms with Crippen LogP contribution in [0.4, 0.5) is 4.39 Å². The molecule has 0 unspecified atom stereocenters. The zero-order valence-corrected chi connectivity index (χ0v) is 8.03. The van der Waals surface area contributed by atoms with Crippen LogP contribution in [0.3, 0.4) is 0 Å². The van der Waals surface area contributed by atoms with Crippen LogP contribution in [0.1, 0.15) is 0 Å². The van der Waals surface area contributed by atoms with Gasteiger partial charge in [-0.25, -0.2) is 4.39 Å². The van der Waals surface area contributed by atoms with Gasteiger partial charge in [-0.2, -0.15) is 0 Å². The zero-order chi connectivity index (χ0) is 5.98. The fraction of sp³-hybridized carbons (Fsp3) is 0. The van der Waals surface area contributed by atoms with E-state index in [1.54, 1.807) is 12.1 Å². The quantitative estimate of drug-likeness (QED) is 0.361. The summed E-state index contributed by atoms with van der Waals surface area (Å²) in [6, 6.07) is 5.97. The second-order valence-corrected chi connectivity index (χ2v) is 1.99. The SMILES string of the molecule is Fc1ccc(S)cc1.[Na+]. The van der Waals surface area contributed by atoms with Crippen molar-refractivity contribution in [3.63, 3.8) is 0 Å². The first-order valence-corrected chi connectivity index (χ1v) is 2.68. The van der Waals surface area contributed by atoms with Gasteiger partial charge < -0.3 is 0 Å². The molecule has 0 aliphatic heterocycles. The minimum Gasteiger partial charge on any atom is -0.207 e. The Morgan fingerprint density at radius 1 is 1.11 bits per heavy atom. The molecule has 0 fully saturated rings. The maximum absolute atomic E-state index is 12.1. The van der Waals surface area contributed by atoms with Crippen LogP contribution in [0.25, 0.3) is 0 Å². The van der Waals surface area contributed by atoms with Crippen LogP contribution >= 0.6 is 12.6 Å². The van der Waals surface area contributed by atoms with Gasteiger partial charge in [-0.15, -0.1) is 12.6 Å². The molecule has 3 heteroatoms. The van der Waals surface area contributed by atoms with Crippen molar-refractivity contribution in [3.05, 3.63) is 30.1 Å². The Hall–Kier alpha value is 0.500. The van der Waals surface area contributed by atoms with E-state index in [4.69, 9.17) is 0 Å². The molecule has 1 rings (SSSR count). The molecule has 0 saturated carbocycles. The van der Waals surface area contributed by atoms with Crippen molar-refractivity contribution in [1.29, 1.82) is 0 Å². The summed E-state index contributed by atoms with van der Waals surface area (Å²) in [5, 5.41) is 0. The van der Waals surface area contributed by atoms with E-state index in [0.29, 0.717) is 0 Å². The van der Waals surface area contributed by atoms with Crippen LogP contribution in [0.15, 0.2) is 29.2 Å². The Labute approximate surface area is 81.2 Å². The summed E-state index contributed by atoms with van der Waals surface area (Å²) in [6.45, 7) is 0. The van der Waals surface area contributed by atoms with Crippen LogP contribution in [0.5, 0.6) is 0 Å². The average Bonchev–Trinajstić information content (AvgIpc) is 1.77. The van der Waals surface area contributed by atoms with Crippen LogP contribution in [0.2, 0.25) is 0 Å². The van der Waals surface area contributed by atoms with E-state index < -0.39 is 0 Å². The molecule has 0 atom stereocenters. The maximum atomic E-state index is 12.1. The van der Waals surface area contributed by atoms with Gasteiger partial charge >= 0.3 is 29.6 Å². The standard InChI is InChI=1S/C6H5FS.Na/c7-5-1-3-6(8)4-2-5;/h1-4,8H;/q;+1. The maximum Gasteiger partial charge on any atom is 1.00 e. The molecule has 42 valence electrons. The van der Waals surface area contributed by atoms with Gasteiger partial charge in [-0.3, -0.25) is 0 Å². The fourth-order valence-electron chi connectivity index (χ4n) is 0.441. The average molecular weight is 151 g/mol. The molecule has 0 aliphatic carbocycles. The number of benzene rings is 1. The zero-order valence-electron chi connectivity index (χ0n) is 5.13. The number of halogens is 1. The van der Waals surface area contributed by atoms with E-state index in [2.05, 4.69) is 12.6 Å². The molecule has 0 nitrogen and oxygen atoms in total. The smallest absolute Gasteiger partial charge is 0.207 e. The summed E-state index contributed by atoms with van der Waals surface area (Å²) >= 11 is 3.97. The molecular weight excluding hydrogens is 146 g/mol. The third kappa shape index (κ3) is 3.26. The summed E-state index contributed by atoms with van der Waals surface area (Å²) in [5.41, 5.74) is 0. The Bertz CT molecular complexity index is 152. The first-order valence-electron chi connectivity index (χ1n) is 2.23. The molecular formula is C6H5FNaS+. The molecule has 1 aromatic rings. The van der Waals surface area contributed by atoms with Crippen molar-refractivity contribution >= 4 is 12.6 Å². The van der Waals surface area contributed by atoms with Gasteiger partial charge in [0.05, 0.1) is 0 Å². The Balaban J connectivity index is 0.000000640. The van der Waals surface area contributed by atoms with E-state index in [9.17, 15) is 4.39 Å². The topological polar surface area (TPSA) is 0 Å². The molecule has 0 radical (unpaired) electrons. The second-order valence-electron chi connectivity index (χ2n) is 1.48. The fourth-order valence-corrected chi connectivity index (χ4v) is 0.590. The van der Waals surface area contributed by atoms with E-state index in [1.165, 1.54) is 12.1 Å². The van der Waals surface area contributed by atoms with E-state index in [0.717, 1.165) is 4.90 Å². The largest absolute Gasteiger partial charge is 1.00 e. The molecule has 1 aromatic carbocycles.